The van der Waals surface area contributed by atoms with Crippen LogP contribution >= 0.6 is 11.8 Å². The fourth-order valence-corrected chi connectivity index (χ4v) is 3.22. The number of hydrogen-bond donors (Lipinski definition) is 3. The normalized spacial score (nSPS) is 11.9. The molecule has 7 heteroatoms. The molecule has 0 unspecified atom stereocenters. The average molecular weight is 381 g/mol. The Morgan fingerprint density at radius 3 is 2.38 bits per heavy atom. The van der Waals surface area contributed by atoms with Crippen molar-refractivity contribution >= 4 is 29.5 Å². The van der Waals surface area contributed by atoms with Gasteiger partial charge in [-0.1, -0.05) is 19.9 Å². The minimum absolute atomic E-state index is 0.147. The summed E-state index contributed by atoms with van der Waals surface area (Å²) >= 11 is 1.59. The van der Waals surface area contributed by atoms with E-state index in [-0.39, 0.29) is 18.4 Å². The highest BCUT2D eigenvalue weighted by molar-refractivity contribution is 7.99. The molecule has 0 bridgehead atoms. The van der Waals surface area contributed by atoms with Crippen LogP contribution in [0, 0.1) is 19.8 Å². The van der Waals surface area contributed by atoms with Crippen LogP contribution in [0.1, 0.15) is 37.8 Å². The molecule has 0 heterocycles. The van der Waals surface area contributed by atoms with Gasteiger partial charge < -0.3 is 15.7 Å². The minimum atomic E-state index is -1.07. The van der Waals surface area contributed by atoms with Gasteiger partial charge in [-0.25, -0.2) is 4.79 Å². The molecule has 0 saturated heterocycles. The number of carbonyl (C=O) groups excluding carboxylic acids is 2. The zero-order valence-corrected chi connectivity index (χ0v) is 16.6. The van der Waals surface area contributed by atoms with Crippen LogP contribution < -0.4 is 10.6 Å². The highest BCUT2D eigenvalue weighted by Crippen LogP contribution is 2.21. The molecule has 1 atom stereocenters. The summed E-state index contributed by atoms with van der Waals surface area (Å²) in [5.41, 5.74) is 2.45. The summed E-state index contributed by atoms with van der Waals surface area (Å²) in [5, 5.41) is 14.1. The second kappa shape index (κ2) is 10.9. The number of thioether (sulfide) groups is 1. The van der Waals surface area contributed by atoms with Gasteiger partial charge in [0.15, 0.2) is 0 Å². The maximum Gasteiger partial charge on any atom is 0.326 e. The Hall–Kier alpha value is -2.02. The van der Waals surface area contributed by atoms with Gasteiger partial charge in [-0.2, -0.15) is 0 Å². The van der Waals surface area contributed by atoms with Crippen LogP contribution in [0.2, 0.25) is 0 Å². The highest BCUT2D eigenvalue weighted by atomic mass is 32.2. The highest BCUT2D eigenvalue weighted by Gasteiger charge is 2.21. The van der Waals surface area contributed by atoms with Crippen LogP contribution in [0.5, 0.6) is 0 Å². The third-order valence-electron chi connectivity index (χ3n) is 3.86. The molecule has 2 amide bonds. The summed E-state index contributed by atoms with van der Waals surface area (Å²) in [6.07, 6.45) is 0.640. The van der Waals surface area contributed by atoms with Gasteiger partial charge in [0.1, 0.15) is 6.04 Å². The van der Waals surface area contributed by atoms with Crippen LogP contribution in [0.4, 0.5) is 0 Å². The van der Waals surface area contributed by atoms with Crippen LogP contribution in [0.25, 0.3) is 0 Å². The Kier molecular flexibility index (Phi) is 9.19. The van der Waals surface area contributed by atoms with Crippen molar-refractivity contribution in [2.24, 2.45) is 5.92 Å². The zero-order chi connectivity index (χ0) is 19.7. The van der Waals surface area contributed by atoms with Crippen LogP contribution in [0.3, 0.4) is 0 Å². The molecule has 3 N–H and O–H groups in total. The van der Waals surface area contributed by atoms with Gasteiger partial charge in [-0.05, 0) is 49.4 Å². The Morgan fingerprint density at radius 1 is 1.12 bits per heavy atom. The Morgan fingerprint density at radius 2 is 1.81 bits per heavy atom. The van der Waals surface area contributed by atoms with Gasteiger partial charge in [0.2, 0.25) is 11.8 Å². The van der Waals surface area contributed by atoms with Gasteiger partial charge in [-0.3, -0.25) is 9.59 Å². The topological polar surface area (TPSA) is 95.5 Å². The molecule has 0 aromatic heterocycles. The molecule has 0 aliphatic rings. The number of amides is 2. The van der Waals surface area contributed by atoms with E-state index >= 15 is 0 Å². The molecule has 0 spiro atoms. The summed E-state index contributed by atoms with van der Waals surface area (Å²) in [7, 11) is 0. The van der Waals surface area contributed by atoms with Gasteiger partial charge in [0.25, 0.3) is 0 Å². The van der Waals surface area contributed by atoms with Gasteiger partial charge in [0, 0.05) is 17.1 Å². The lowest BCUT2D eigenvalue weighted by atomic mass is 10.0. The van der Waals surface area contributed by atoms with Crippen molar-refractivity contribution in [1.29, 1.82) is 0 Å². The van der Waals surface area contributed by atoms with E-state index in [0.717, 1.165) is 4.90 Å². The second-order valence-corrected chi connectivity index (χ2v) is 7.88. The molecule has 144 valence electrons. The van der Waals surface area contributed by atoms with E-state index in [1.807, 2.05) is 26.8 Å². The lowest BCUT2D eigenvalue weighted by Gasteiger charge is -2.16. The first-order chi connectivity index (χ1) is 12.2. The van der Waals surface area contributed by atoms with Crippen molar-refractivity contribution in [1.82, 2.24) is 10.6 Å². The zero-order valence-electron chi connectivity index (χ0n) is 15.8. The van der Waals surface area contributed by atoms with Crippen molar-refractivity contribution in [2.45, 2.75) is 51.5 Å². The fraction of sp³-hybridized carbons (Fsp3) is 0.526. The average Bonchev–Trinajstić information content (AvgIpc) is 2.55. The first kappa shape index (κ1) is 22.0. The number of benzene rings is 1. The third kappa shape index (κ3) is 8.38. The smallest absolute Gasteiger partial charge is 0.326 e. The lowest BCUT2D eigenvalue weighted by Crippen LogP contribution is -2.46. The van der Waals surface area contributed by atoms with Gasteiger partial charge in [0.05, 0.1) is 6.54 Å². The number of aliphatic carboxylic acids is 1. The third-order valence-corrected chi connectivity index (χ3v) is 4.86. The van der Waals surface area contributed by atoms with E-state index < -0.39 is 17.9 Å². The maximum atomic E-state index is 11.8. The summed E-state index contributed by atoms with van der Waals surface area (Å²) in [4.78, 5) is 35.9. The molecule has 26 heavy (non-hydrogen) atoms. The molecule has 0 radical (unpaired) electrons. The molecule has 6 nitrogen and oxygen atoms in total. The number of aryl methyl sites for hydroxylation is 2. The molecule has 0 fully saturated rings. The molecule has 0 saturated carbocycles. The van der Waals surface area contributed by atoms with Gasteiger partial charge in [-0.15, -0.1) is 11.8 Å². The maximum absolute atomic E-state index is 11.8. The fourth-order valence-electron chi connectivity index (χ4n) is 2.27. The first-order valence-corrected chi connectivity index (χ1v) is 9.66. The number of carboxylic acids is 1. The van der Waals surface area contributed by atoms with E-state index in [4.69, 9.17) is 5.11 Å². The van der Waals surface area contributed by atoms with E-state index in [2.05, 4.69) is 29.7 Å². The lowest BCUT2D eigenvalue weighted by molar-refractivity contribution is -0.142. The predicted molar refractivity (Wildman–Crippen MR) is 103 cm³/mol. The molecule has 0 aliphatic heterocycles. The van der Waals surface area contributed by atoms with E-state index in [9.17, 15) is 14.4 Å². The number of carboxylic acid groups (broad SMARTS) is 1. The van der Waals surface area contributed by atoms with Gasteiger partial charge >= 0.3 is 5.97 Å². The SMILES string of the molecule is Cc1ccc(SCCC(=O)NCC(=O)N[C@@H](CC(C)C)C(=O)O)cc1C. The number of rotatable bonds is 10. The monoisotopic (exact) mass is 380 g/mol. The predicted octanol–water partition coefficient (Wildman–Crippen LogP) is 2.52. The van der Waals surface area contributed by atoms with Crippen molar-refractivity contribution in [3.05, 3.63) is 29.3 Å². The molecular formula is C19H28N2O4S. The molecule has 1 rings (SSSR count). The Bertz CT molecular complexity index is 646. The summed E-state index contributed by atoms with van der Waals surface area (Å²) in [6.45, 7) is 7.66. The molecule has 1 aromatic rings. The molecule has 1 aromatic carbocycles. The van der Waals surface area contributed by atoms with E-state index in [1.165, 1.54) is 11.1 Å². The van der Waals surface area contributed by atoms with Crippen LogP contribution in [-0.4, -0.2) is 41.2 Å². The number of nitrogens with one attached hydrogen (secondary N) is 2. The Labute approximate surface area is 159 Å². The Balaban J connectivity index is 2.31. The van der Waals surface area contributed by atoms with Crippen LogP contribution in [-0.2, 0) is 14.4 Å². The van der Waals surface area contributed by atoms with Crippen LogP contribution in [0.15, 0.2) is 23.1 Å². The summed E-state index contributed by atoms with van der Waals surface area (Å²) in [5.74, 6) is -1.03. The minimum Gasteiger partial charge on any atom is -0.480 e. The van der Waals surface area contributed by atoms with E-state index in [1.54, 1.807) is 11.8 Å². The summed E-state index contributed by atoms with van der Waals surface area (Å²) < 4.78 is 0. The second-order valence-electron chi connectivity index (χ2n) is 6.71. The number of hydrogen-bond acceptors (Lipinski definition) is 4. The quantitative estimate of drug-likeness (QED) is 0.542. The van der Waals surface area contributed by atoms with Crippen molar-refractivity contribution in [3.8, 4) is 0 Å². The largest absolute Gasteiger partial charge is 0.480 e. The van der Waals surface area contributed by atoms with Crippen molar-refractivity contribution < 1.29 is 19.5 Å². The standard InChI is InChI=1S/C19H28N2O4S/c1-12(2)9-16(19(24)25)21-18(23)11-20-17(22)7-8-26-15-6-5-13(3)14(4)10-15/h5-6,10,12,16H,7-9,11H2,1-4H3,(H,20,22)(H,21,23)(H,24,25)/t16-/m0/s1. The summed E-state index contributed by atoms with van der Waals surface area (Å²) in [6, 6.07) is 5.24. The van der Waals surface area contributed by atoms with E-state index in [0.29, 0.717) is 18.6 Å². The first-order valence-electron chi connectivity index (χ1n) is 8.68. The van der Waals surface area contributed by atoms with Crippen molar-refractivity contribution in [2.75, 3.05) is 12.3 Å². The van der Waals surface area contributed by atoms with Crippen molar-refractivity contribution in [3.63, 3.8) is 0 Å². The molecular weight excluding hydrogens is 352 g/mol. The number of carbonyl (C=O) groups is 3. The molecule has 0 aliphatic carbocycles.